The van der Waals surface area contributed by atoms with Gasteiger partial charge in [-0.25, -0.2) is 0 Å². The minimum absolute atomic E-state index is 0.578. The van der Waals surface area contributed by atoms with Crippen molar-refractivity contribution >= 4 is 5.69 Å². The molecule has 2 rings (SSSR count). The number of benzene rings is 1. The van der Waals surface area contributed by atoms with Crippen LogP contribution in [0, 0.1) is 24.2 Å². The predicted molar refractivity (Wildman–Crippen MR) is 80.3 cm³/mol. The summed E-state index contributed by atoms with van der Waals surface area (Å²) in [6.07, 6.45) is 1.87. The highest BCUT2D eigenvalue weighted by molar-refractivity contribution is 5.46. The summed E-state index contributed by atoms with van der Waals surface area (Å²) in [5, 5.41) is 16.7. The van der Waals surface area contributed by atoms with E-state index in [0.29, 0.717) is 18.0 Å². The largest absolute Gasteiger partial charge is 0.378 e. The molecular formula is C16H20N4. The zero-order valence-corrected chi connectivity index (χ0v) is 12.2. The molecule has 4 heteroatoms. The first-order valence-electron chi connectivity index (χ1n) is 6.85. The van der Waals surface area contributed by atoms with Crippen LogP contribution in [0.15, 0.2) is 30.5 Å². The second kappa shape index (κ2) is 6.25. The maximum atomic E-state index is 8.89. The molecule has 0 fully saturated rings. The number of nitriles is 1. The van der Waals surface area contributed by atoms with Gasteiger partial charge in [-0.2, -0.15) is 10.4 Å². The fraction of sp³-hybridized carbons (Fsp3) is 0.375. The van der Waals surface area contributed by atoms with Crippen LogP contribution in [0.5, 0.6) is 0 Å². The Kier molecular flexibility index (Phi) is 4.41. The smallest absolute Gasteiger partial charge is 0.0991 e. The molecule has 0 saturated carbocycles. The molecule has 1 N–H and O–H groups in total. The zero-order valence-electron chi connectivity index (χ0n) is 12.2. The van der Waals surface area contributed by atoms with Crippen molar-refractivity contribution < 1.29 is 0 Å². The highest BCUT2D eigenvalue weighted by Crippen LogP contribution is 2.16. The average Bonchev–Trinajstić information content (AvgIpc) is 2.77. The quantitative estimate of drug-likeness (QED) is 0.905. The van der Waals surface area contributed by atoms with E-state index in [2.05, 4.69) is 37.3 Å². The molecule has 2 aromatic rings. The van der Waals surface area contributed by atoms with Gasteiger partial charge in [0, 0.05) is 13.1 Å². The third-order valence-corrected chi connectivity index (χ3v) is 3.18. The van der Waals surface area contributed by atoms with Crippen LogP contribution in [0.4, 0.5) is 5.69 Å². The Morgan fingerprint density at radius 3 is 2.90 bits per heavy atom. The summed E-state index contributed by atoms with van der Waals surface area (Å²) >= 11 is 0. The van der Waals surface area contributed by atoms with Gasteiger partial charge in [0.05, 0.1) is 29.2 Å². The lowest BCUT2D eigenvalue weighted by Gasteiger charge is -2.09. The number of hydrogen-bond acceptors (Lipinski definition) is 3. The van der Waals surface area contributed by atoms with E-state index in [1.807, 2.05) is 35.1 Å². The van der Waals surface area contributed by atoms with Crippen molar-refractivity contribution in [2.75, 3.05) is 5.32 Å². The Morgan fingerprint density at radius 2 is 2.20 bits per heavy atom. The summed E-state index contributed by atoms with van der Waals surface area (Å²) in [7, 11) is 0. The first kappa shape index (κ1) is 14.1. The summed E-state index contributed by atoms with van der Waals surface area (Å²) in [6, 6.07) is 9.80. The lowest BCUT2D eigenvalue weighted by molar-refractivity contribution is 0.475. The van der Waals surface area contributed by atoms with Crippen molar-refractivity contribution in [1.82, 2.24) is 9.78 Å². The third-order valence-electron chi connectivity index (χ3n) is 3.18. The molecule has 4 nitrogen and oxygen atoms in total. The van der Waals surface area contributed by atoms with Crippen LogP contribution >= 0.6 is 0 Å². The highest BCUT2D eigenvalue weighted by atomic mass is 15.3. The number of nitrogens with zero attached hydrogens (tertiary/aromatic N) is 3. The molecule has 0 amide bonds. The molecule has 0 saturated heterocycles. The Hall–Kier alpha value is -2.28. The van der Waals surface area contributed by atoms with Crippen LogP contribution < -0.4 is 5.32 Å². The minimum atomic E-state index is 0.578. The minimum Gasteiger partial charge on any atom is -0.378 e. The van der Waals surface area contributed by atoms with E-state index in [1.165, 1.54) is 0 Å². The van der Waals surface area contributed by atoms with Crippen molar-refractivity contribution in [2.24, 2.45) is 5.92 Å². The summed E-state index contributed by atoms with van der Waals surface area (Å²) in [5.41, 5.74) is 3.99. The van der Waals surface area contributed by atoms with Gasteiger partial charge in [-0.05, 0) is 30.5 Å². The van der Waals surface area contributed by atoms with E-state index in [-0.39, 0.29) is 0 Å². The van der Waals surface area contributed by atoms with Gasteiger partial charge in [0.1, 0.15) is 0 Å². The zero-order chi connectivity index (χ0) is 14.5. The monoisotopic (exact) mass is 268 g/mol. The molecule has 20 heavy (non-hydrogen) atoms. The molecule has 0 radical (unpaired) electrons. The Bertz CT molecular complexity index is 620. The van der Waals surface area contributed by atoms with Crippen molar-refractivity contribution in [3.8, 4) is 6.07 Å². The summed E-state index contributed by atoms with van der Waals surface area (Å²) in [6.45, 7) is 8.06. The average molecular weight is 268 g/mol. The molecule has 0 bridgehead atoms. The van der Waals surface area contributed by atoms with E-state index in [4.69, 9.17) is 5.26 Å². The summed E-state index contributed by atoms with van der Waals surface area (Å²) < 4.78 is 2.03. The molecule has 0 aliphatic carbocycles. The molecule has 0 atom stereocenters. The Balaban J connectivity index is 2.04. The lowest BCUT2D eigenvalue weighted by Crippen LogP contribution is -2.08. The van der Waals surface area contributed by atoms with Crippen molar-refractivity contribution in [3.63, 3.8) is 0 Å². The number of nitrogens with one attached hydrogen (secondary N) is 1. The fourth-order valence-corrected chi connectivity index (χ4v) is 2.10. The molecule has 0 spiro atoms. The molecule has 1 aromatic heterocycles. The van der Waals surface area contributed by atoms with Crippen molar-refractivity contribution in [2.45, 2.75) is 33.9 Å². The molecule has 1 aromatic carbocycles. The van der Waals surface area contributed by atoms with Crippen LogP contribution in [0.1, 0.15) is 30.7 Å². The molecule has 0 unspecified atom stereocenters. The molecule has 0 aliphatic rings. The van der Waals surface area contributed by atoms with Gasteiger partial charge in [-0.15, -0.1) is 0 Å². The maximum absolute atomic E-state index is 8.89. The first-order valence-corrected chi connectivity index (χ1v) is 6.85. The Labute approximate surface area is 120 Å². The first-order chi connectivity index (χ1) is 9.60. The number of hydrogen-bond donors (Lipinski definition) is 1. The molecule has 104 valence electrons. The number of aromatic nitrogens is 2. The van der Waals surface area contributed by atoms with Gasteiger partial charge >= 0.3 is 0 Å². The normalized spacial score (nSPS) is 10.6. The second-order valence-electron chi connectivity index (χ2n) is 5.39. The van der Waals surface area contributed by atoms with Gasteiger partial charge in [0.25, 0.3) is 0 Å². The van der Waals surface area contributed by atoms with Gasteiger partial charge in [0.2, 0.25) is 0 Å². The Morgan fingerprint density at radius 1 is 1.40 bits per heavy atom. The van der Waals surface area contributed by atoms with Crippen molar-refractivity contribution in [1.29, 1.82) is 5.26 Å². The van der Waals surface area contributed by atoms with E-state index >= 15 is 0 Å². The van der Waals surface area contributed by atoms with Crippen LogP contribution in [0.3, 0.4) is 0 Å². The molecular weight excluding hydrogens is 248 g/mol. The topological polar surface area (TPSA) is 53.6 Å². The third kappa shape index (κ3) is 3.39. The maximum Gasteiger partial charge on any atom is 0.0991 e. The van der Waals surface area contributed by atoms with E-state index in [0.717, 1.165) is 23.5 Å². The molecule has 1 heterocycles. The van der Waals surface area contributed by atoms with Gasteiger partial charge in [-0.1, -0.05) is 26.0 Å². The highest BCUT2D eigenvalue weighted by Gasteiger charge is 2.07. The summed E-state index contributed by atoms with van der Waals surface area (Å²) in [5.74, 6) is 0.578. The van der Waals surface area contributed by atoms with Crippen LogP contribution in [0.25, 0.3) is 0 Å². The number of anilines is 1. The SMILES string of the molecule is Cc1c(NCc2cccc(C#N)c2)cnn1CC(C)C. The van der Waals surface area contributed by atoms with Gasteiger partial charge < -0.3 is 5.32 Å². The van der Waals surface area contributed by atoms with Gasteiger partial charge in [0.15, 0.2) is 0 Å². The van der Waals surface area contributed by atoms with Crippen LogP contribution in [-0.2, 0) is 13.1 Å². The van der Waals surface area contributed by atoms with E-state index in [1.54, 1.807) is 0 Å². The number of rotatable bonds is 5. The fourth-order valence-electron chi connectivity index (χ4n) is 2.10. The standard InChI is InChI=1S/C16H20N4/c1-12(2)11-20-13(3)16(10-19-20)18-9-15-6-4-5-14(7-15)8-17/h4-7,10,12,18H,9,11H2,1-3H3. The molecule has 0 aliphatic heterocycles. The summed E-state index contributed by atoms with van der Waals surface area (Å²) in [4.78, 5) is 0. The second-order valence-corrected chi connectivity index (χ2v) is 5.39. The van der Waals surface area contributed by atoms with Crippen molar-refractivity contribution in [3.05, 3.63) is 47.3 Å². The lowest BCUT2D eigenvalue weighted by atomic mass is 10.1. The van der Waals surface area contributed by atoms with E-state index in [9.17, 15) is 0 Å². The van der Waals surface area contributed by atoms with Gasteiger partial charge in [-0.3, -0.25) is 4.68 Å². The van der Waals surface area contributed by atoms with Crippen LogP contribution in [0.2, 0.25) is 0 Å². The predicted octanol–water partition coefficient (Wildman–Crippen LogP) is 3.33. The van der Waals surface area contributed by atoms with E-state index < -0.39 is 0 Å². The van der Waals surface area contributed by atoms with Crippen LogP contribution in [-0.4, -0.2) is 9.78 Å².